The predicted octanol–water partition coefficient (Wildman–Crippen LogP) is 5.71. The van der Waals surface area contributed by atoms with Crippen LogP contribution in [0.15, 0.2) is 71.9 Å². The number of non-ortho nitro benzene ring substituents is 1. The second-order valence-electron chi connectivity index (χ2n) is 8.34. The summed E-state index contributed by atoms with van der Waals surface area (Å²) in [5, 5.41) is 26.1. The van der Waals surface area contributed by atoms with E-state index < -0.39 is 4.92 Å². The van der Waals surface area contributed by atoms with E-state index in [1.165, 1.54) is 29.5 Å². The minimum absolute atomic E-state index is 0.00614. The maximum atomic E-state index is 12.6. The zero-order chi connectivity index (χ0) is 25.7. The molecule has 1 heterocycles. The van der Waals surface area contributed by atoms with Gasteiger partial charge in [0.15, 0.2) is 11.0 Å². The number of nitrogens with one attached hydrogen (secondary N) is 2. The first-order chi connectivity index (χ1) is 17.3. The molecule has 3 aromatic carbocycles. The van der Waals surface area contributed by atoms with Crippen LogP contribution < -0.4 is 10.6 Å². The first-order valence-electron chi connectivity index (χ1n) is 11.3. The van der Waals surface area contributed by atoms with E-state index in [0.717, 1.165) is 22.4 Å². The number of urea groups is 1. The van der Waals surface area contributed by atoms with Gasteiger partial charge in [0.1, 0.15) is 0 Å². The van der Waals surface area contributed by atoms with Crippen molar-refractivity contribution < 1.29 is 9.72 Å². The number of nitro groups is 1. The molecule has 0 aliphatic carbocycles. The lowest BCUT2D eigenvalue weighted by Gasteiger charge is -2.13. The van der Waals surface area contributed by atoms with E-state index in [4.69, 9.17) is 0 Å². The molecule has 0 fully saturated rings. The van der Waals surface area contributed by atoms with E-state index in [1.807, 2.05) is 61.7 Å². The number of aromatic nitrogens is 3. The molecule has 0 saturated carbocycles. The van der Waals surface area contributed by atoms with Crippen molar-refractivity contribution >= 4 is 29.2 Å². The van der Waals surface area contributed by atoms with Crippen molar-refractivity contribution in [2.45, 2.75) is 38.2 Å². The molecular formula is C26H26N6O3S. The molecule has 0 atom stereocenters. The molecule has 36 heavy (non-hydrogen) atoms. The highest BCUT2D eigenvalue weighted by Gasteiger charge is 2.17. The van der Waals surface area contributed by atoms with Crippen LogP contribution in [0.25, 0.3) is 5.69 Å². The van der Waals surface area contributed by atoms with Crippen molar-refractivity contribution in [2.24, 2.45) is 0 Å². The minimum atomic E-state index is -0.441. The molecule has 9 nitrogen and oxygen atoms in total. The molecule has 4 aromatic rings. The van der Waals surface area contributed by atoms with Crippen molar-refractivity contribution in [2.75, 3.05) is 5.32 Å². The van der Waals surface area contributed by atoms with Gasteiger partial charge in [0.25, 0.3) is 5.69 Å². The third-order valence-corrected chi connectivity index (χ3v) is 6.73. The Bertz CT molecular complexity index is 1400. The lowest BCUT2D eigenvalue weighted by molar-refractivity contribution is -0.384. The number of nitrogens with zero attached hydrogens (tertiary/aromatic N) is 4. The largest absolute Gasteiger partial charge is 0.331 e. The fraction of sp³-hybridized carbons (Fsp3) is 0.192. The average molecular weight is 503 g/mol. The highest BCUT2D eigenvalue weighted by Crippen LogP contribution is 2.27. The zero-order valence-electron chi connectivity index (χ0n) is 20.2. The Labute approximate surface area is 213 Å². The van der Waals surface area contributed by atoms with Gasteiger partial charge in [-0.3, -0.25) is 14.7 Å². The number of amides is 2. The number of rotatable bonds is 8. The molecule has 0 aliphatic heterocycles. The Morgan fingerprint density at radius 1 is 1.03 bits per heavy atom. The molecule has 0 spiro atoms. The van der Waals surface area contributed by atoms with Crippen molar-refractivity contribution in [3.05, 3.63) is 105 Å². The number of hydrogen-bond acceptors (Lipinski definition) is 6. The Balaban J connectivity index is 1.55. The predicted molar refractivity (Wildman–Crippen MR) is 141 cm³/mol. The SMILES string of the molecule is Cc1cccc(CSc2nnc(CNC(=O)Nc3cccc(C)c3C)n2-c2ccc([N+](=O)[O-])cc2)c1. The molecule has 2 N–H and O–H groups in total. The van der Waals surface area contributed by atoms with E-state index >= 15 is 0 Å². The van der Waals surface area contributed by atoms with Crippen LogP contribution in [0.3, 0.4) is 0 Å². The monoisotopic (exact) mass is 502 g/mol. The molecule has 4 rings (SSSR count). The van der Waals surface area contributed by atoms with Gasteiger partial charge in [0.2, 0.25) is 0 Å². The maximum absolute atomic E-state index is 12.6. The van der Waals surface area contributed by atoms with Gasteiger partial charge in [-0.05, 0) is 55.7 Å². The van der Waals surface area contributed by atoms with Gasteiger partial charge >= 0.3 is 6.03 Å². The lowest BCUT2D eigenvalue weighted by Crippen LogP contribution is -2.29. The fourth-order valence-corrected chi connectivity index (χ4v) is 4.57. The smallest absolute Gasteiger partial charge is 0.319 e. The first-order valence-corrected chi connectivity index (χ1v) is 12.3. The number of aryl methyl sites for hydroxylation is 2. The number of carbonyl (C=O) groups excluding carboxylic acids is 1. The second kappa shape index (κ2) is 11.0. The Hall–Kier alpha value is -4.18. The summed E-state index contributed by atoms with van der Waals surface area (Å²) in [5.74, 6) is 1.18. The standard InChI is InChI=1S/C26H26N6O3S/c1-17-6-4-8-20(14-17)16-36-26-30-29-24(31(26)21-10-12-22(13-11-21)32(34)35)15-27-25(33)28-23-9-5-7-18(2)19(23)3/h4-14H,15-16H2,1-3H3,(H2,27,28,33). The van der Waals surface area contributed by atoms with Crippen LogP contribution in [-0.2, 0) is 12.3 Å². The van der Waals surface area contributed by atoms with Crippen LogP contribution in [0.5, 0.6) is 0 Å². The molecule has 0 aliphatic rings. The summed E-state index contributed by atoms with van der Waals surface area (Å²) in [5.41, 5.74) is 5.80. The lowest BCUT2D eigenvalue weighted by atomic mass is 10.1. The first kappa shape index (κ1) is 24.9. The van der Waals surface area contributed by atoms with E-state index in [9.17, 15) is 14.9 Å². The van der Waals surface area contributed by atoms with Gasteiger partial charge in [-0.2, -0.15) is 0 Å². The molecule has 2 amide bonds. The summed E-state index contributed by atoms with van der Waals surface area (Å²) in [4.78, 5) is 23.3. The maximum Gasteiger partial charge on any atom is 0.319 e. The topological polar surface area (TPSA) is 115 Å². The van der Waals surface area contributed by atoms with Gasteiger partial charge in [-0.15, -0.1) is 10.2 Å². The van der Waals surface area contributed by atoms with E-state index in [2.05, 4.69) is 26.9 Å². The molecule has 10 heteroatoms. The Morgan fingerprint density at radius 2 is 1.78 bits per heavy atom. The summed E-state index contributed by atoms with van der Waals surface area (Å²) in [6.45, 7) is 6.10. The Morgan fingerprint density at radius 3 is 2.50 bits per heavy atom. The number of carbonyl (C=O) groups is 1. The van der Waals surface area contributed by atoms with Crippen molar-refractivity contribution in [3.8, 4) is 5.69 Å². The van der Waals surface area contributed by atoms with Crippen molar-refractivity contribution in [3.63, 3.8) is 0 Å². The number of hydrogen-bond donors (Lipinski definition) is 2. The average Bonchev–Trinajstić information content (AvgIpc) is 3.27. The van der Waals surface area contributed by atoms with Gasteiger partial charge in [-0.1, -0.05) is 53.7 Å². The minimum Gasteiger partial charge on any atom is -0.331 e. The molecule has 0 bridgehead atoms. The highest BCUT2D eigenvalue weighted by atomic mass is 32.2. The third kappa shape index (κ3) is 5.89. The molecule has 1 aromatic heterocycles. The van der Waals surface area contributed by atoms with Gasteiger partial charge in [0.05, 0.1) is 11.5 Å². The number of thioether (sulfide) groups is 1. The number of nitro benzene ring substituents is 1. The highest BCUT2D eigenvalue weighted by molar-refractivity contribution is 7.98. The van der Waals surface area contributed by atoms with Crippen molar-refractivity contribution in [1.82, 2.24) is 20.1 Å². The summed E-state index contributed by atoms with van der Waals surface area (Å²) in [6.07, 6.45) is 0. The van der Waals surface area contributed by atoms with E-state index in [1.54, 1.807) is 12.1 Å². The number of benzene rings is 3. The van der Waals surface area contributed by atoms with Crippen LogP contribution in [0.2, 0.25) is 0 Å². The van der Waals surface area contributed by atoms with E-state index in [-0.39, 0.29) is 18.3 Å². The molecule has 0 radical (unpaired) electrons. The second-order valence-corrected chi connectivity index (χ2v) is 9.28. The van der Waals surface area contributed by atoms with Gasteiger partial charge in [-0.25, -0.2) is 4.79 Å². The summed E-state index contributed by atoms with van der Waals surface area (Å²) < 4.78 is 1.81. The quantitative estimate of drug-likeness (QED) is 0.181. The molecule has 0 saturated heterocycles. The van der Waals surface area contributed by atoms with Crippen LogP contribution in [0, 0.1) is 30.9 Å². The normalized spacial score (nSPS) is 10.8. The third-order valence-electron chi connectivity index (χ3n) is 5.73. The summed E-state index contributed by atoms with van der Waals surface area (Å²) >= 11 is 1.50. The molecule has 0 unspecified atom stereocenters. The van der Waals surface area contributed by atoms with Crippen LogP contribution in [0.4, 0.5) is 16.2 Å². The number of anilines is 1. The Kier molecular flexibility index (Phi) is 7.65. The summed E-state index contributed by atoms with van der Waals surface area (Å²) in [7, 11) is 0. The van der Waals surface area contributed by atoms with Gasteiger partial charge < -0.3 is 10.6 Å². The summed E-state index contributed by atoms with van der Waals surface area (Å²) in [6, 6.07) is 19.8. The fourth-order valence-electron chi connectivity index (χ4n) is 3.65. The molecule has 184 valence electrons. The van der Waals surface area contributed by atoms with Crippen molar-refractivity contribution in [1.29, 1.82) is 0 Å². The zero-order valence-corrected chi connectivity index (χ0v) is 21.0. The van der Waals surface area contributed by atoms with Crippen LogP contribution >= 0.6 is 11.8 Å². The van der Waals surface area contributed by atoms with Crippen LogP contribution in [0.1, 0.15) is 28.1 Å². The van der Waals surface area contributed by atoms with E-state index in [0.29, 0.717) is 22.4 Å². The molecular weight excluding hydrogens is 476 g/mol. The van der Waals surface area contributed by atoms with Gasteiger partial charge in [0, 0.05) is 29.3 Å². The van der Waals surface area contributed by atoms with Crippen LogP contribution in [-0.4, -0.2) is 25.7 Å².